The molecule has 9 heteroatoms. The largest absolute Gasteiger partial charge is 0.395 e. The Bertz CT molecular complexity index is 531. The number of benzene rings is 1. The van der Waals surface area contributed by atoms with Gasteiger partial charge in [-0.2, -0.15) is 0 Å². The van der Waals surface area contributed by atoms with Crippen molar-refractivity contribution in [1.82, 2.24) is 4.72 Å². The minimum atomic E-state index is -4.36. The van der Waals surface area contributed by atoms with Gasteiger partial charge < -0.3 is 5.11 Å². The molecule has 0 aliphatic rings. The zero-order valence-corrected chi connectivity index (χ0v) is 9.28. The van der Waals surface area contributed by atoms with E-state index >= 15 is 0 Å². The molecule has 0 spiro atoms. The molecule has 7 nitrogen and oxygen atoms in total. The number of hydrogen-bond acceptors (Lipinski definition) is 5. The molecule has 0 heterocycles. The lowest BCUT2D eigenvalue weighted by atomic mass is 10.3. The number of aliphatic hydroxyl groups is 1. The molecule has 0 unspecified atom stereocenters. The van der Waals surface area contributed by atoms with Gasteiger partial charge >= 0.3 is 0 Å². The standard InChI is InChI=1S/C8H9FN2O5S/c9-6-2-1-3-7(11(13)14)8(6)17(15,16)10-4-5-12/h1-3,10,12H,4-5H2. The minimum absolute atomic E-state index is 0.353. The van der Waals surface area contributed by atoms with Crippen molar-refractivity contribution in [3.8, 4) is 0 Å². The van der Waals surface area contributed by atoms with Gasteiger partial charge in [0.1, 0.15) is 5.82 Å². The second-order valence-corrected chi connectivity index (χ2v) is 4.67. The summed E-state index contributed by atoms with van der Waals surface area (Å²) < 4.78 is 38.3. The summed E-state index contributed by atoms with van der Waals surface area (Å²) in [5.74, 6) is -1.22. The monoisotopic (exact) mass is 264 g/mol. The Kier molecular flexibility index (Phi) is 4.10. The molecule has 0 radical (unpaired) electrons. The van der Waals surface area contributed by atoms with E-state index in [2.05, 4.69) is 0 Å². The zero-order valence-electron chi connectivity index (χ0n) is 8.46. The fraction of sp³-hybridized carbons (Fsp3) is 0.250. The van der Waals surface area contributed by atoms with Gasteiger partial charge in [0.15, 0.2) is 4.90 Å². The molecule has 1 aromatic rings. The highest BCUT2D eigenvalue weighted by molar-refractivity contribution is 7.89. The van der Waals surface area contributed by atoms with Crippen LogP contribution < -0.4 is 4.72 Å². The molecule has 2 N–H and O–H groups in total. The first-order chi connectivity index (χ1) is 7.90. The summed E-state index contributed by atoms with van der Waals surface area (Å²) in [6.07, 6.45) is 0. The van der Waals surface area contributed by atoms with Gasteiger partial charge in [-0.3, -0.25) is 10.1 Å². The Morgan fingerprint density at radius 3 is 2.65 bits per heavy atom. The van der Waals surface area contributed by atoms with Crippen molar-refractivity contribution < 1.29 is 22.8 Å². The van der Waals surface area contributed by atoms with Crippen LogP contribution in [0.15, 0.2) is 23.1 Å². The van der Waals surface area contributed by atoms with Crippen molar-refractivity contribution in [2.45, 2.75) is 4.90 Å². The summed E-state index contributed by atoms with van der Waals surface area (Å²) in [5.41, 5.74) is -0.851. The van der Waals surface area contributed by atoms with E-state index in [9.17, 15) is 22.9 Å². The van der Waals surface area contributed by atoms with Gasteiger partial charge in [0.25, 0.3) is 5.69 Å². The summed E-state index contributed by atoms with van der Waals surface area (Å²) >= 11 is 0. The molecule has 1 aromatic carbocycles. The van der Waals surface area contributed by atoms with Gasteiger partial charge in [-0.25, -0.2) is 17.5 Å². The Balaban J connectivity index is 3.34. The number of aliphatic hydroxyl groups excluding tert-OH is 1. The summed E-state index contributed by atoms with van der Waals surface area (Å²) in [6, 6.07) is 2.73. The Labute approximate surface area is 96.1 Å². The van der Waals surface area contributed by atoms with Gasteiger partial charge in [-0.1, -0.05) is 6.07 Å². The molecule has 0 aliphatic carbocycles. The van der Waals surface area contributed by atoms with Crippen LogP contribution in [0.5, 0.6) is 0 Å². The quantitative estimate of drug-likeness (QED) is 0.574. The van der Waals surface area contributed by atoms with Gasteiger partial charge in [0.2, 0.25) is 10.0 Å². The van der Waals surface area contributed by atoms with Crippen LogP contribution in [0.3, 0.4) is 0 Å². The average Bonchev–Trinajstić information content (AvgIpc) is 2.25. The smallest absolute Gasteiger partial charge is 0.292 e. The SMILES string of the molecule is O=[N+]([O-])c1cccc(F)c1S(=O)(=O)NCCO. The maximum Gasteiger partial charge on any atom is 0.292 e. The average molecular weight is 264 g/mol. The number of rotatable bonds is 5. The van der Waals surface area contributed by atoms with Crippen molar-refractivity contribution in [3.05, 3.63) is 34.1 Å². The first-order valence-electron chi connectivity index (χ1n) is 4.43. The Morgan fingerprint density at radius 1 is 1.47 bits per heavy atom. The fourth-order valence-electron chi connectivity index (χ4n) is 1.16. The van der Waals surface area contributed by atoms with Crippen LogP contribution in [0.1, 0.15) is 0 Å². The second kappa shape index (κ2) is 5.17. The summed E-state index contributed by atoms with van der Waals surface area (Å²) in [7, 11) is -4.36. The molecule has 0 aromatic heterocycles. The molecular formula is C8H9FN2O5S. The van der Waals surface area contributed by atoms with E-state index < -0.39 is 38.0 Å². The van der Waals surface area contributed by atoms with Crippen molar-refractivity contribution >= 4 is 15.7 Å². The molecular weight excluding hydrogens is 255 g/mol. The molecule has 0 aliphatic heterocycles. The summed E-state index contributed by atoms with van der Waals surface area (Å²) in [5, 5.41) is 19.1. The molecule has 0 saturated heterocycles. The van der Waals surface area contributed by atoms with Crippen molar-refractivity contribution in [2.75, 3.05) is 13.2 Å². The molecule has 0 bridgehead atoms. The molecule has 0 saturated carbocycles. The minimum Gasteiger partial charge on any atom is -0.395 e. The second-order valence-electron chi connectivity index (χ2n) is 2.97. The Morgan fingerprint density at radius 2 is 2.12 bits per heavy atom. The van der Waals surface area contributed by atoms with Gasteiger partial charge in [-0.15, -0.1) is 0 Å². The van der Waals surface area contributed by atoms with Gasteiger partial charge in [0, 0.05) is 12.6 Å². The van der Waals surface area contributed by atoms with Crippen LogP contribution in [-0.2, 0) is 10.0 Å². The number of hydrogen-bond donors (Lipinski definition) is 2. The topological polar surface area (TPSA) is 110 Å². The fourth-order valence-corrected chi connectivity index (χ4v) is 2.41. The van der Waals surface area contributed by atoms with Crippen LogP contribution in [-0.4, -0.2) is 31.6 Å². The highest BCUT2D eigenvalue weighted by atomic mass is 32.2. The zero-order chi connectivity index (χ0) is 13.1. The highest BCUT2D eigenvalue weighted by Gasteiger charge is 2.29. The van der Waals surface area contributed by atoms with E-state index in [1.54, 1.807) is 0 Å². The molecule has 0 amide bonds. The highest BCUT2D eigenvalue weighted by Crippen LogP contribution is 2.25. The number of nitrogens with zero attached hydrogens (tertiary/aromatic N) is 1. The third-order valence-electron chi connectivity index (χ3n) is 1.82. The van der Waals surface area contributed by atoms with E-state index in [0.717, 1.165) is 18.2 Å². The lowest BCUT2D eigenvalue weighted by Gasteiger charge is -2.06. The van der Waals surface area contributed by atoms with Crippen LogP contribution in [0.4, 0.5) is 10.1 Å². The van der Waals surface area contributed by atoms with Crippen LogP contribution in [0.2, 0.25) is 0 Å². The van der Waals surface area contributed by atoms with E-state index in [1.807, 2.05) is 4.72 Å². The third kappa shape index (κ3) is 2.96. The van der Waals surface area contributed by atoms with E-state index in [4.69, 9.17) is 5.11 Å². The van der Waals surface area contributed by atoms with E-state index in [1.165, 1.54) is 0 Å². The van der Waals surface area contributed by atoms with Gasteiger partial charge in [0.05, 0.1) is 11.5 Å². The maximum atomic E-state index is 13.3. The number of nitro benzene ring substituents is 1. The first kappa shape index (κ1) is 13.5. The molecule has 1 rings (SSSR count). The summed E-state index contributed by atoms with van der Waals surface area (Å²) in [4.78, 5) is 8.57. The van der Waals surface area contributed by atoms with Crippen molar-refractivity contribution in [2.24, 2.45) is 0 Å². The first-order valence-corrected chi connectivity index (χ1v) is 5.92. The number of nitrogens with one attached hydrogen (secondary N) is 1. The van der Waals surface area contributed by atoms with Crippen LogP contribution in [0.25, 0.3) is 0 Å². The predicted octanol–water partition coefficient (Wildman–Crippen LogP) is 0.00450. The normalized spacial score (nSPS) is 11.4. The number of sulfonamides is 1. The van der Waals surface area contributed by atoms with Gasteiger partial charge in [-0.05, 0) is 6.07 Å². The van der Waals surface area contributed by atoms with E-state index in [-0.39, 0.29) is 6.54 Å². The molecule has 0 fully saturated rings. The van der Waals surface area contributed by atoms with E-state index in [0.29, 0.717) is 0 Å². The van der Waals surface area contributed by atoms with Crippen LogP contribution in [0, 0.1) is 15.9 Å². The third-order valence-corrected chi connectivity index (χ3v) is 3.34. The molecule has 94 valence electrons. The lowest BCUT2D eigenvalue weighted by Crippen LogP contribution is -2.28. The van der Waals surface area contributed by atoms with Crippen molar-refractivity contribution in [1.29, 1.82) is 0 Å². The molecule has 17 heavy (non-hydrogen) atoms. The predicted molar refractivity (Wildman–Crippen MR) is 55.3 cm³/mol. The Hall–Kier alpha value is -1.58. The lowest BCUT2D eigenvalue weighted by molar-refractivity contribution is -0.388. The number of halogens is 1. The molecule has 0 atom stereocenters. The maximum absolute atomic E-state index is 13.3. The summed E-state index contributed by atoms with van der Waals surface area (Å²) in [6.45, 7) is -0.852. The van der Waals surface area contributed by atoms with Crippen LogP contribution >= 0.6 is 0 Å². The number of nitro groups is 1. The van der Waals surface area contributed by atoms with Crippen molar-refractivity contribution in [3.63, 3.8) is 0 Å².